The van der Waals surface area contributed by atoms with Gasteiger partial charge in [-0.15, -0.1) is 5.10 Å². The molecule has 1 saturated heterocycles. The number of nitrogen functional groups attached to an aromatic ring is 1. The molecule has 0 aromatic carbocycles. The van der Waals surface area contributed by atoms with Crippen LogP contribution in [0.25, 0.3) is 11.3 Å². The Balaban J connectivity index is 1.74. The molecule has 0 aliphatic carbocycles. The van der Waals surface area contributed by atoms with Gasteiger partial charge in [0.2, 0.25) is 0 Å². The Morgan fingerprint density at radius 1 is 1.23 bits per heavy atom. The van der Waals surface area contributed by atoms with E-state index in [0.29, 0.717) is 40.9 Å². The topological polar surface area (TPSA) is 98.4 Å². The summed E-state index contributed by atoms with van der Waals surface area (Å²) in [6.45, 7) is 4.08. The van der Waals surface area contributed by atoms with Gasteiger partial charge in [0.25, 0.3) is 0 Å². The van der Waals surface area contributed by atoms with E-state index >= 15 is 0 Å². The van der Waals surface area contributed by atoms with Crippen LogP contribution in [0.5, 0.6) is 11.5 Å². The number of aromatic nitrogens is 3. The molecular weight excluding hydrogens is 332 g/mol. The maximum absolute atomic E-state index is 6.08. The molecule has 0 radical (unpaired) electrons. The van der Waals surface area contributed by atoms with Crippen molar-refractivity contribution in [2.24, 2.45) is 0 Å². The number of ether oxygens (including phenoxy) is 2. The Bertz CT molecular complexity index is 734. The van der Waals surface area contributed by atoms with Crippen LogP contribution < -0.4 is 20.5 Å². The molecule has 8 nitrogen and oxygen atoms in total. The van der Waals surface area contributed by atoms with Crippen LogP contribution in [0.1, 0.15) is 19.3 Å². The molecule has 2 aromatic heterocycles. The second-order valence-electron chi connectivity index (χ2n) is 6.24. The second-order valence-corrected chi connectivity index (χ2v) is 6.24. The number of pyridine rings is 1. The van der Waals surface area contributed by atoms with Gasteiger partial charge >= 0.3 is 0 Å². The number of methoxy groups -OCH3 is 1. The van der Waals surface area contributed by atoms with Crippen LogP contribution in [-0.4, -0.2) is 60.5 Å². The molecule has 26 heavy (non-hydrogen) atoms. The van der Waals surface area contributed by atoms with Crippen LogP contribution in [0, 0.1) is 0 Å². The molecule has 0 unspecified atom stereocenters. The number of nitrogens with two attached hydrogens (primary N) is 1. The van der Waals surface area contributed by atoms with Crippen molar-refractivity contribution in [3.8, 4) is 22.8 Å². The van der Waals surface area contributed by atoms with Crippen molar-refractivity contribution in [1.29, 1.82) is 0 Å². The highest BCUT2D eigenvalue weighted by atomic mass is 16.5. The van der Waals surface area contributed by atoms with Crippen LogP contribution in [-0.2, 0) is 0 Å². The molecular formula is C18H26N6O2. The van der Waals surface area contributed by atoms with Crippen LogP contribution in [0.4, 0.5) is 11.5 Å². The van der Waals surface area contributed by atoms with E-state index in [9.17, 15) is 0 Å². The molecule has 0 amide bonds. The van der Waals surface area contributed by atoms with Crippen molar-refractivity contribution in [2.45, 2.75) is 19.3 Å². The molecule has 3 N–H and O–H groups in total. The Morgan fingerprint density at radius 3 is 2.77 bits per heavy atom. The zero-order valence-electron chi connectivity index (χ0n) is 15.4. The standard InChI is InChI=1S/C18H26N6O2/c1-20-18-17(13(19)11-22-23-18)14-10-15(16(25-2)12-21-14)26-9-5-8-24-6-3-4-7-24/h10-12H,3-9H2,1-2H3,(H3,19,20,23). The average Bonchev–Trinajstić information content (AvgIpc) is 3.18. The van der Waals surface area contributed by atoms with E-state index in [2.05, 4.69) is 25.4 Å². The highest BCUT2D eigenvalue weighted by molar-refractivity contribution is 5.83. The average molecular weight is 358 g/mol. The molecule has 1 fully saturated rings. The lowest BCUT2D eigenvalue weighted by molar-refractivity contribution is 0.254. The van der Waals surface area contributed by atoms with Crippen molar-refractivity contribution < 1.29 is 9.47 Å². The van der Waals surface area contributed by atoms with E-state index < -0.39 is 0 Å². The summed E-state index contributed by atoms with van der Waals surface area (Å²) in [5.74, 6) is 1.82. The highest BCUT2D eigenvalue weighted by Crippen LogP contribution is 2.35. The highest BCUT2D eigenvalue weighted by Gasteiger charge is 2.16. The summed E-state index contributed by atoms with van der Waals surface area (Å²) in [4.78, 5) is 6.91. The van der Waals surface area contributed by atoms with Gasteiger partial charge < -0.3 is 25.4 Å². The summed E-state index contributed by atoms with van der Waals surface area (Å²) in [5, 5.41) is 10.9. The van der Waals surface area contributed by atoms with Gasteiger partial charge in [-0.2, -0.15) is 5.10 Å². The van der Waals surface area contributed by atoms with E-state index in [-0.39, 0.29) is 0 Å². The summed E-state index contributed by atoms with van der Waals surface area (Å²) in [6.07, 6.45) is 6.74. The van der Waals surface area contributed by atoms with E-state index in [1.165, 1.54) is 32.1 Å². The third-order valence-electron chi connectivity index (χ3n) is 4.50. The molecule has 140 valence electrons. The molecule has 0 atom stereocenters. The molecule has 2 aromatic rings. The first-order valence-corrected chi connectivity index (χ1v) is 8.91. The van der Waals surface area contributed by atoms with Crippen LogP contribution in [0.3, 0.4) is 0 Å². The molecule has 8 heteroatoms. The largest absolute Gasteiger partial charge is 0.491 e. The predicted molar refractivity (Wildman–Crippen MR) is 102 cm³/mol. The number of hydrogen-bond donors (Lipinski definition) is 2. The van der Waals surface area contributed by atoms with Gasteiger partial charge in [0.05, 0.1) is 43.1 Å². The van der Waals surface area contributed by atoms with Gasteiger partial charge in [0, 0.05) is 19.7 Å². The Hall–Kier alpha value is -2.61. The van der Waals surface area contributed by atoms with Gasteiger partial charge in [-0.1, -0.05) is 0 Å². The lowest BCUT2D eigenvalue weighted by Gasteiger charge is -2.16. The molecule has 0 bridgehead atoms. The maximum atomic E-state index is 6.08. The zero-order valence-corrected chi connectivity index (χ0v) is 15.4. The van der Waals surface area contributed by atoms with Crippen molar-refractivity contribution in [1.82, 2.24) is 20.1 Å². The molecule has 3 heterocycles. The smallest absolute Gasteiger partial charge is 0.179 e. The minimum absolute atomic E-state index is 0.502. The van der Waals surface area contributed by atoms with E-state index in [1.807, 2.05) is 6.07 Å². The third-order valence-corrected chi connectivity index (χ3v) is 4.50. The molecule has 1 aliphatic rings. The van der Waals surface area contributed by atoms with Crippen molar-refractivity contribution in [3.05, 3.63) is 18.5 Å². The minimum atomic E-state index is 0.502. The van der Waals surface area contributed by atoms with E-state index in [0.717, 1.165) is 13.0 Å². The Labute approximate surface area is 153 Å². The van der Waals surface area contributed by atoms with Crippen molar-refractivity contribution >= 4 is 11.5 Å². The zero-order chi connectivity index (χ0) is 18.4. The maximum Gasteiger partial charge on any atom is 0.179 e. The number of likely N-dealkylation sites (tertiary alicyclic amines) is 1. The van der Waals surface area contributed by atoms with Crippen LogP contribution in [0.15, 0.2) is 18.5 Å². The van der Waals surface area contributed by atoms with E-state index in [1.54, 1.807) is 20.4 Å². The summed E-state index contributed by atoms with van der Waals surface area (Å²) in [7, 11) is 3.38. The Morgan fingerprint density at radius 2 is 2.04 bits per heavy atom. The summed E-state index contributed by atoms with van der Waals surface area (Å²) >= 11 is 0. The first kappa shape index (κ1) is 18.2. The van der Waals surface area contributed by atoms with E-state index in [4.69, 9.17) is 15.2 Å². The van der Waals surface area contributed by atoms with Gasteiger partial charge in [-0.05, 0) is 32.4 Å². The van der Waals surface area contributed by atoms with Gasteiger partial charge in [-0.3, -0.25) is 4.98 Å². The Kier molecular flexibility index (Phi) is 6.06. The summed E-state index contributed by atoms with van der Waals surface area (Å²) in [6, 6.07) is 1.84. The van der Waals surface area contributed by atoms with Gasteiger partial charge in [-0.25, -0.2) is 0 Å². The lowest BCUT2D eigenvalue weighted by Crippen LogP contribution is -2.21. The fourth-order valence-corrected chi connectivity index (χ4v) is 3.15. The lowest BCUT2D eigenvalue weighted by atomic mass is 10.1. The number of rotatable bonds is 8. The fraction of sp³-hybridized carbons (Fsp3) is 0.500. The quantitative estimate of drug-likeness (QED) is 0.692. The molecule has 3 rings (SSSR count). The summed E-state index contributed by atoms with van der Waals surface area (Å²) in [5.41, 5.74) is 7.95. The van der Waals surface area contributed by atoms with Crippen molar-refractivity contribution in [2.75, 3.05) is 51.4 Å². The fourth-order valence-electron chi connectivity index (χ4n) is 3.15. The van der Waals surface area contributed by atoms with Gasteiger partial charge in [0.15, 0.2) is 17.3 Å². The van der Waals surface area contributed by atoms with Gasteiger partial charge in [0.1, 0.15) is 0 Å². The molecule has 0 saturated carbocycles. The first-order valence-electron chi connectivity index (χ1n) is 8.91. The number of nitrogens with one attached hydrogen (secondary N) is 1. The third kappa shape index (κ3) is 4.13. The number of anilines is 2. The molecule has 0 spiro atoms. The predicted octanol–water partition coefficient (Wildman–Crippen LogP) is 2.04. The van der Waals surface area contributed by atoms with Crippen molar-refractivity contribution in [3.63, 3.8) is 0 Å². The normalized spacial score (nSPS) is 14.4. The SMILES string of the molecule is CNc1nncc(N)c1-c1cc(OCCCN2CCCC2)c(OC)cn1. The monoisotopic (exact) mass is 358 g/mol. The summed E-state index contributed by atoms with van der Waals surface area (Å²) < 4.78 is 11.4. The molecule has 1 aliphatic heterocycles. The minimum Gasteiger partial charge on any atom is -0.491 e. The first-order chi connectivity index (χ1) is 12.7. The van der Waals surface area contributed by atoms with Crippen LogP contribution in [0.2, 0.25) is 0 Å². The van der Waals surface area contributed by atoms with Crippen LogP contribution >= 0.6 is 0 Å². The number of nitrogens with zero attached hydrogens (tertiary/aromatic N) is 4. The number of hydrogen-bond acceptors (Lipinski definition) is 8. The second kappa shape index (κ2) is 8.66.